The van der Waals surface area contributed by atoms with Gasteiger partial charge >= 0.3 is 17.8 Å². The Morgan fingerprint density at radius 2 is 1.77 bits per heavy atom. The lowest BCUT2D eigenvalue weighted by atomic mass is 10.0. The van der Waals surface area contributed by atoms with E-state index >= 15 is 0 Å². The molecule has 0 saturated heterocycles. The van der Waals surface area contributed by atoms with Crippen LogP contribution in [-0.4, -0.2) is 32.0 Å². The van der Waals surface area contributed by atoms with E-state index in [1.54, 1.807) is 39.0 Å². The van der Waals surface area contributed by atoms with Gasteiger partial charge in [-0.15, -0.1) is 0 Å². The first-order valence-electron chi connectivity index (χ1n) is 12.0. The fourth-order valence-electron chi connectivity index (χ4n) is 4.02. The molecule has 13 heteroatoms. The highest BCUT2D eigenvalue weighted by Gasteiger charge is 2.35. The Hall–Kier alpha value is -4.06. The van der Waals surface area contributed by atoms with Gasteiger partial charge in [0.05, 0.1) is 16.1 Å². The van der Waals surface area contributed by atoms with Crippen molar-refractivity contribution in [1.82, 2.24) is 14.3 Å². The third kappa shape index (κ3) is 5.48. The smallest absolute Gasteiger partial charge is 0.431 e. The highest BCUT2D eigenvalue weighted by molar-refractivity contribution is 6.38. The second-order valence-electron chi connectivity index (χ2n) is 10.1. The molecule has 2 heterocycles. The van der Waals surface area contributed by atoms with E-state index < -0.39 is 40.8 Å². The van der Waals surface area contributed by atoms with Gasteiger partial charge in [-0.25, -0.2) is 14.2 Å². The molecule has 0 bridgehead atoms. The zero-order valence-corrected chi connectivity index (χ0v) is 23.1. The summed E-state index contributed by atoms with van der Waals surface area (Å²) >= 11 is 6.67. The molecular formula is C27H25ClF3N3O6. The molecule has 4 aromatic rings. The average molecular weight is 580 g/mol. The number of hydrogen-bond acceptors (Lipinski definition) is 7. The van der Waals surface area contributed by atoms with Gasteiger partial charge in [-0.3, -0.25) is 9.36 Å². The van der Waals surface area contributed by atoms with Crippen LogP contribution in [0.25, 0.3) is 27.9 Å². The van der Waals surface area contributed by atoms with Gasteiger partial charge in [-0.2, -0.15) is 13.2 Å². The number of carbonyl (C=O) groups is 1. The molecule has 9 nitrogen and oxygen atoms in total. The number of halogens is 4. The van der Waals surface area contributed by atoms with Crippen LogP contribution in [0.3, 0.4) is 0 Å². The van der Waals surface area contributed by atoms with Crippen molar-refractivity contribution in [3.63, 3.8) is 0 Å². The standard InChI is InChI=1S/C27H25ClF3N3O6/c1-13-7-9-17(38-14(2)24(36)39-26(3,4)5)15(11-13)23-21-18(40-32-23)10-8-16(22(21)28)34-20(35)12-19(27(29,30)31)33(6)25(34)37/h7-12,14H,1-6H3. The summed E-state index contributed by atoms with van der Waals surface area (Å²) < 4.78 is 57.6. The first-order valence-corrected chi connectivity index (χ1v) is 12.4. The van der Waals surface area contributed by atoms with E-state index in [4.69, 9.17) is 25.6 Å². The van der Waals surface area contributed by atoms with E-state index in [-0.39, 0.29) is 33.1 Å². The van der Waals surface area contributed by atoms with Gasteiger partial charge in [0, 0.05) is 18.7 Å². The van der Waals surface area contributed by atoms with E-state index in [2.05, 4.69) is 5.16 Å². The monoisotopic (exact) mass is 579 g/mol. The Morgan fingerprint density at radius 1 is 1.10 bits per heavy atom. The summed E-state index contributed by atoms with van der Waals surface area (Å²) in [6, 6.07) is 8.06. The third-order valence-electron chi connectivity index (χ3n) is 5.84. The van der Waals surface area contributed by atoms with Crippen LogP contribution < -0.4 is 16.0 Å². The molecule has 212 valence electrons. The lowest BCUT2D eigenvalue weighted by Gasteiger charge is -2.23. The summed E-state index contributed by atoms with van der Waals surface area (Å²) in [4.78, 5) is 38.1. The molecule has 0 spiro atoms. The minimum atomic E-state index is -4.92. The lowest BCUT2D eigenvalue weighted by Crippen LogP contribution is -2.40. The highest BCUT2D eigenvalue weighted by Crippen LogP contribution is 2.40. The first kappa shape index (κ1) is 28.9. The van der Waals surface area contributed by atoms with Gasteiger partial charge in [0.2, 0.25) is 0 Å². The van der Waals surface area contributed by atoms with E-state index in [1.165, 1.54) is 19.1 Å². The van der Waals surface area contributed by atoms with Crippen molar-refractivity contribution >= 4 is 28.5 Å². The summed E-state index contributed by atoms with van der Waals surface area (Å²) in [7, 11) is 0.903. The average Bonchev–Trinajstić information content (AvgIpc) is 3.27. The molecule has 1 atom stereocenters. The van der Waals surface area contributed by atoms with Crippen molar-refractivity contribution in [2.75, 3.05) is 0 Å². The topological polar surface area (TPSA) is 106 Å². The molecule has 0 aliphatic carbocycles. The number of rotatable bonds is 5. The molecule has 0 amide bonds. The summed E-state index contributed by atoms with van der Waals surface area (Å²) in [5, 5.41) is 4.12. The van der Waals surface area contributed by atoms with Gasteiger partial charge < -0.3 is 14.0 Å². The maximum atomic E-state index is 13.3. The highest BCUT2D eigenvalue weighted by atomic mass is 35.5. The fourth-order valence-corrected chi connectivity index (χ4v) is 4.35. The van der Waals surface area contributed by atoms with Crippen molar-refractivity contribution in [2.45, 2.75) is 52.5 Å². The zero-order valence-electron chi connectivity index (χ0n) is 22.3. The van der Waals surface area contributed by atoms with E-state index in [1.807, 2.05) is 6.92 Å². The number of hydrogen-bond donors (Lipinski definition) is 0. The molecule has 0 saturated carbocycles. The number of ether oxygens (including phenoxy) is 2. The van der Waals surface area contributed by atoms with E-state index in [9.17, 15) is 27.6 Å². The Morgan fingerprint density at radius 3 is 2.40 bits per heavy atom. The van der Waals surface area contributed by atoms with Crippen LogP contribution in [0, 0.1) is 6.92 Å². The van der Waals surface area contributed by atoms with Gasteiger partial charge in [-0.1, -0.05) is 28.4 Å². The number of aromatic nitrogens is 3. The fraction of sp³-hybridized carbons (Fsp3) is 0.333. The van der Waals surface area contributed by atoms with Crippen LogP contribution in [0.1, 0.15) is 39.0 Å². The van der Waals surface area contributed by atoms with Crippen LogP contribution in [0.15, 0.2) is 50.5 Å². The second-order valence-corrected chi connectivity index (χ2v) is 10.5. The number of esters is 1. The predicted octanol–water partition coefficient (Wildman–Crippen LogP) is 5.43. The summed E-state index contributed by atoms with van der Waals surface area (Å²) in [5.74, 6) is -0.356. The Bertz CT molecular complexity index is 1750. The van der Waals surface area contributed by atoms with Crippen LogP contribution in [0.4, 0.5) is 13.2 Å². The van der Waals surface area contributed by atoms with Crippen LogP contribution in [0.5, 0.6) is 5.75 Å². The maximum Gasteiger partial charge on any atom is 0.431 e. The van der Waals surface area contributed by atoms with Crippen LogP contribution >= 0.6 is 11.6 Å². The van der Waals surface area contributed by atoms with Gasteiger partial charge in [0.1, 0.15) is 22.7 Å². The van der Waals surface area contributed by atoms with Gasteiger partial charge in [-0.05, 0) is 58.9 Å². The molecule has 2 aromatic carbocycles. The number of carbonyl (C=O) groups excluding carboxylic acids is 1. The Balaban J connectivity index is 1.88. The quantitative estimate of drug-likeness (QED) is 0.290. The Labute approximate surface area is 230 Å². The van der Waals surface area contributed by atoms with Crippen LogP contribution in [0.2, 0.25) is 5.02 Å². The molecule has 0 fully saturated rings. The number of nitrogens with zero attached hydrogens (tertiary/aromatic N) is 3. The molecule has 0 aliphatic rings. The summed E-state index contributed by atoms with van der Waals surface area (Å²) in [5.41, 5.74) is -3.26. The molecular weight excluding hydrogens is 555 g/mol. The SMILES string of the molecule is Cc1ccc(OC(C)C(=O)OC(C)(C)C)c(-c2noc3ccc(-n4c(=O)cc(C(F)(F)F)n(C)c4=O)c(Cl)c23)c1. The van der Waals surface area contributed by atoms with E-state index in [0.29, 0.717) is 20.8 Å². The number of benzene rings is 2. The van der Waals surface area contributed by atoms with Crippen molar-refractivity contribution < 1.29 is 32.0 Å². The largest absolute Gasteiger partial charge is 0.478 e. The molecule has 0 N–H and O–H groups in total. The molecule has 1 unspecified atom stereocenters. The summed E-state index contributed by atoms with van der Waals surface area (Å²) in [6.07, 6.45) is -5.92. The van der Waals surface area contributed by atoms with Crippen molar-refractivity contribution in [3.8, 4) is 22.7 Å². The van der Waals surface area contributed by atoms with Gasteiger partial charge in [0.25, 0.3) is 5.56 Å². The Kier molecular flexibility index (Phi) is 7.35. The molecule has 4 rings (SSSR count). The van der Waals surface area contributed by atoms with E-state index in [0.717, 1.165) is 12.6 Å². The van der Waals surface area contributed by atoms with Crippen molar-refractivity contribution in [1.29, 1.82) is 0 Å². The number of fused-ring (bicyclic) bond motifs is 1. The second kappa shape index (κ2) is 10.2. The molecule has 0 aliphatic heterocycles. The zero-order chi connectivity index (χ0) is 29.7. The summed E-state index contributed by atoms with van der Waals surface area (Å²) in [6.45, 7) is 8.52. The molecule has 0 radical (unpaired) electrons. The molecule has 40 heavy (non-hydrogen) atoms. The molecule has 2 aromatic heterocycles. The minimum Gasteiger partial charge on any atom is -0.478 e. The van der Waals surface area contributed by atoms with Gasteiger partial charge in [0.15, 0.2) is 11.7 Å². The predicted molar refractivity (Wildman–Crippen MR) is 141 cm³/mol. The normalized spacial score (nSPS) is 12.9. The number of alkyl halides is 3. The number of aryl methyl sites for hydroxylation is 1. The third-order valence-corrected chi connectivity index (χ3v) is 6.22. The van der Waals surface area contributed by atoms with Crippen LogP contribution in [-0.2, 0) is 22.8 Å². The maximum absolute atomic E-state index is 13.3. The first-order chi connectivity index (χ1) is 18.5. The van der Waals surface area contributed by atoms with Crippen molar-refractivity contribution in [3.05, 3.63) is 73.5 Å². The lowest BCUT2D eigenvalue weighted by molar-refractivity contribution is -0.162. The van der Waals surface area contributed by atoms with Crippen molar-refractivity contribution in [2.24, 2.45) is 7.05 Å². The minimum absolute atomic E-state index is 0.161.